The standard InChI is InChI=1S/C21H28N2O3/c1-26-16-5-4-15-10-18-21(25)6-8-22-19(24)12-20(21,17(15)11-16)7-9-23(18)13-14-2-3-14/h4-5,11,14,18,25H,2-3,6-10,12-13H2,1H3,(H,22,24)/t18-,20-,21-/m1/s1. The van der Waals surface area contributed by atoms with Gasteiger partial charge in [-0.1, -0.05) is 6.07 Å². The molecule has 1 saturated carbocycles. The van der Waals surface area contributed by atoms with E-state index in [2.05, 4.69) is 22.3 Å². The van der Waals surface area contributed by atoms with E-state index in [0.717, 1.165) is 43.2 Å². The van der Waals surface area contributed by atoms with Crippen molar-refractivity contribution in [1.82, 2.24) is 10.2 Å². The van der Waals surface area contributed by atoms with Crippen LogP contribution in [0.25, 0.3) is 0 Å². The van der Waals surface area contributed by atoms with Gasteiger partial charge in [0, 0.05) is 31.0 Å². The van der Waals surface area contributed by atoms with Crippen LogP contribution in [0.5, 0.6) is 5.75 Å². The first-order valence-corrected chi connectivity index (χ1v) is 9.96. The number of carbonyl (C=O) groups excluding carboxylic acids is 1. The highest BCUT2D eigenvalue weighted by Gasteiger charge is 2.63. The van der Waals surface area contributed by atoms with E-state index in [9.17, 15) is 9.90 Å². The second kappa shape index (κ2) is 5.70. The van der Waals surface area contributed by atoms with Crippen molar-refractivity contribution in [1.29, 1.82) is 0 Å². The molecule has 5 heteroatoms. The van der Waals surface area contributed by atoms with Crippen molar-refractivity contribution in [3.05, 3.63) is 29.3 Å². The van der Waals surface area contributed by atoms with Crippen molar-refractivity contribution in [2.75, 3.05) is 26.7 Å². The van der Waals surface area contributed by atoms with Gasteiger partial charge in [0.05, 0.1) is 12.7 Å². The Kier molecular flexibility index (Phi) is 3.63. The number of likely N-dealkylation sites (tertiary alicyclic amines) is 1. The molecule has 2 aliphatic heterocycles. The molecule has 0 unspecified atom stereocenters. The van der Waals surface area contributed by atoms with Gasteiger partial charge in [-0.2, -0.15) is 0 Å². The third-order valence-electron chi connectivity index (χ3n) is 7.37. The minimum Gasteiger partial charge on any atom is -0.497 e. The van der Waals surface area contributed by atoms with E-state index in [1.54, 1.807) is 7.11 Å². The number of nitrogens with zero attached hydrogens (tertiary/aromatic N) is 1. The summed E-state index contributed by atoms with van der Waals surface area (Å²) in [7, 11) is 1.68. The number of rotatable bonds is 3. The molecule has 0 aromatic heterocycles. The summed E-state index contributed by atoms with van der Waals surface area (Å²) in [5.74, 6) is 1.67. The lowest BCUT2D eigenvalue weighted by molar-refractivity contribution is -0.153. The third-order valence-corrected chi connectivity index (χ3v) is 7.37. The summed E-state index contributed by atoms with van der Waals surface area (Å²) in [5.41, 5.74) is 1.05. The first kappa shape index (κ1) is 16.6. The van der Waals surface area contributed by atoms with E-state index < -0.39 is 11.0 Å². The molecule has 1 amide bonds. The average molecular weight is 356 g/mol. The van der Waals surface area contributed by atoms with Crippen LogP contribution >= 0.6 is 0 Å². The zero-order chi connectivity index (χ0) is 17.9. The number of amides is 1. The quantitative estimate of drug-likeness (QED) is 0.864. The minimum atomic E-state index is -0.862. The van der Waals surface area contributed by atoms with Gasteiger partial charge in [0.25, 0.3) is 0 Å². The van der Waals surface area contributed by atoms with Gasteiger partial charge in [-0.05, 0) is 67.8 Å². The van der Waals surface area contributed by atoms with Gasteiger partial charge < -0.3 is 15.2 Å². The van der Waals surface area contributed by atoms with Crippen LogP contribution in [0.2, 0.25) is 0 Å². The van der Waals surface area contributed by atoms with E-state index in [1.807, 2.05) is 6.07 Å². The number of aliphatic hydroxyl groups is 1. The van der Waals surface area contributed by atoms with Crippen molar-refractivity contribution >= 4 is 5.91 Å². The Morgan fingerprint density at radius 3 is 2.96 bits per heavy atom. The summed E-state index contributed by atoms with van der Waals surface area (Å²) in [6, 6.07) is 6.33. The highest BCUT2D eigenvalue weighted by atomic mass is 16.5. The summed E-state index contributed by atoms with van der Waals surface area (Å²) >= 11 is 0. The molecular formula is C21H28N2O3. The Hall–Kier alpha value is -1.59. The van der Waals surface area contributed by atoms with Crippen molar-refractivity contribution < 1.29 is 14.6 Å². The minimum absolute atomic E-state index is 0.0611. The van der Waals surface area contributed by atoms with Gasteiger partial charge in [-0.15, -0.1) is 0 Å². The van der Waals surface area contributed by atoms with Gasteiger partial charge in [0.2, 0.25) is 5.91 Å². The first-order chi connectivity index (χ1) is 12.6. The molecule has 1 aromatic rings. The topological polar surface area (TPSA) is 61.8 Å². The zero-order valence-electron chi connectivity index (χ0n) is 15.5. The molecule has 140 valence electrons. The van der Waals surface area contributed by atoms with E-state index in [1.165, 1.54) is 18.4 Å². The highest BCUT2D eigenvalue weighted by molar-refractivity contribution is 5.79. The SMILES string of the molecule is COc1ccc2c(c1)[C@]13CCN(CC4CC4)[C@H](C2)[C@]1(O)CCNC(=O)C3. The fraction of sp³-hybridized carbons (Fsp3) is 0.667. The number of fused-ring (bicyclic) bond motifs is 1. The average Bonchev–Trinajstić information content (AvgIpc) is 3.44. The summed E-state index contributed by atoms with van der Waals surface area (Å²) < 4.78 is 5.47. The highest BCUT2D eigenvalue weighted by Crippen LogP contribution is 2.56. The molecule has 5 rings (SSSR count). The maximum atomic E-state index is 12.5. The van der Waals surface area contributed by atoms with Crippen molar-refractivity contribution in [3.8, 4) is 5.75 Å². The van der Waals surface area contributed by atoms with Gasteiger partial charge in [-0.25, -0.2) is 0 Å². The monoisotopic (exact) mass is 356 g/mol. The van der Waals surface area contributed by atoms with Crippen LogP contribution in [0.4, 0.5) is 0 Å². The van der Waals surface area contributed by atoms with Crippen LogP contribution in [-0.4, -0.2) is 54.3 Å². The Labute approximate surface area is 154 Å². The van der Waals surface area contributed by atoms with Crippen LogP contribution in [-0.2, 0) is 16.6 Å². The second-order valence-electron chi connectivity index (χ2n) is 8.71. The molecule has 0 spiro atoms. The normalized spacial score (nSPS) is 36.5. The third kappa shape index (κ3) is 2.26. The molecule has 1 aromatic carbocycles. The molecule has 2 aliphatic carbocycles. The Morgan fingerprint density at radius 1 is 1.35 bits per heavy atom. The number of methoxy groups -OCH3 is 1. The number of nitrogens with one attached hydrogen (secondary N) is 1. The van der Waals surface area contributed by atoms with E-state index >= 15 is 0 Å². The lowest BCUT2D eigenvalue weighted by atomic mass is 9.52. The van der Waals surface area contributed by atoms with Gasteiger partial charge in [0.1, 0.15) is 5.75 Å². The molecule has 3 atom stereocenters. The largest absolute Gasteiger partial charge is 0.497 e. The number of piperidine rings is 1. The van der Waals surface area contributed by atoms with E-state index in [-0.39, 0.29) is 11.9 Å². The van der Waals surface area contributed by atoms with Crippen molar-refractivity contribution in [2.24, 2.45) is 5.92 Å². The second-order valence-corrected chi connectivity index (χ2v) is 8.71. The van der Waals surface area contributed by atoms with Crippen LogP contribution < -0.4 is 10.1 Å². The predicted octanol–water partition coefficient (Wildman–Crippen LogP) is 1.61. The fourth-order valence-electron chi connectivity index (χ4n) is 5.83. The van der Waals surface area contributed by atoms with Crippen LogP contribution in [0.3, 0.4) is 0 Å². The summed E-state index contributed by atoms with van der Waals surface area (Å²) in [6.45, 7) is 2.62. The fourth-order valence-corrected chi connectivity index (χ4v) is 5.83. The predicted molar refractivity (Wildman–Crippen MR) is 98.3 cm³/mol. The molecule has 2 N–H and O–H groups in total. The number of hydrogen-bond donors (Lipinski definition) is 2. The number of carbonyl (C=O) groups is 1. The molecule has 26 heavy (non-hydrogen) atoms. The van der Waals surface area contributed by atoms with Gasteiger partial charge >= 0.3 is 0 Å². The molecule has 0 radical (unpaired) electrons. The van der Waals surface area contributed by atoms with E-state index in [4.69, 9.17) is 4.74 Å². The van der Waals surface area contributed by atoms with Crippen molar-refractivity contribution in [3.63, 3.8) is 0 Å². The van der Waals surface area contributed by atoms with Crippen LogP contribution in [0, 0.1) is 5.92 Å². The molecule has 5 nitrogen and oxygen atoms in total. The molecule has 2 saturated heterocycles. The molecular weight excluding hydrogens is 328 g/mol. The summed E-state index contributed by atoms with van der Waals surface area (Å²) in [5, 5.41) is 15.1. The number of hydrogen-bond acceptors (Lipinski definition) is 4. The molecule has 2 bridgehead atoms. The zero-order valence-corrected chi connectivity index (χ0v) is 15.5. The summed E-state index contributed by atoms with van der Waals surface area (Å²) in [4.78, 5) is 15.1. The lowest BCUT2D eigenvalue weighted by Gasteiger charge is -2.61. The molecule has 3 fully saturated rings. The van der Waals surface area contributed by atoms with Crippen LogP contribution in [0.15, 0.2) is 18.2 Å². The maximum absolute atomic E-state index is 12.5. The smallest absolute Gasteiger partial charge is 0.221 e. The maximum Gasteiger partial charge on any atom is 0.221 e. The van der Waals surface area contributed by atoms with Gasteiger partial charge in [0.15, 0.2) is 0 Å². The lowest BCUT2D eigenvalue weighted by Crippen LogP contribution is -2.71. The molecule has 4 aliphatic rings. The van der Waals surface area contributed by atoms with Crippen LogP contribution in [0.1, 0.15) is 43.2 Å². The number of benzene rings is 1. The van der Waals surface area contributed by atoms with Crippen molar-refractivity contribution in [2.45, 2.75) is 55.6 Å². The Bertz CT molecular complexity index is 747. The Balaban J connectivity index is 1.66. The first-order valence-electron chi connectivity index (χ1n) is 9.96. The van der Waals surface area contributed by atoms with Gasteiger partial charge in [-0.3, -0.25) is 9.69 Å². The summed E-state index contributed by atoms with van der Waals surface area (Å²) in [6.07, 6.45) is 5.33. The Morgan fingerprint density at radius 2 is 2.19 bits per heavy atom. The molecule has 2 heterocycles. The van der Waals surface area contributed by atoms with E-state index in [0.29, 0.717) is 19.4 Å². The number of ether oxygens (including phenoxy) is 1.